The fourth-order valence-corrected chi connectivity index (χ4v) is 1.70. The molecule has 1 heterocycles. The van der Waals surface area contributed by atoms with Crippen molar-refractivity contribution in [3.63, 3.8) is 0 Å². The number of rotatable bonds is 4. The van der Waals surface area contributed by atoms with Gasteiger partial charge in [-0.05, 0) is 31.2 Å². The molecular formula is C15H17N3O. The number of aryl methyl sites for hydroxylation is 1. The molecule has 0 radical (unpaired) electrons. The minimum absolute atomic E-state index is 0.365. The highest BCUT2D eigenvalue weighted by atomic mass is 16.5. The SMILES string of the molecule is Cc1ccnn1CCOc1cccc(C#CCN)c1. The summed E-state index contributed by atoms with van der Waals surface area (Å²) in [5.41, 5.74) is 7.39. The lowest BCUT2D eigenvalue weighted by Gasteiger charge is -2.07. The van der Waals surface area contributed by atoms with Crippen molar-refractivity contribution in [3.8, 4) is 17.6 Å². The Labute approximate surface area is 113 Å². The first-order valence-corrected chi connectivity index (χ1v) is 6.20. The van der Waals surface area contributed by atoms with Crippen LogP contribution in [0.1, 0.15) is 11.3 Å². The van der Waals surface area contributed by atoms with Crippen LogP contribution in [0.5, 0.6) is 5.75 Å². The van der Waals surface area contributed by atoms with Crippen LogP contribution >= 0.6 is 0 Å². The molecule has 0 saturated heterocycles. The van der Waals surface area contributed by atoms with Gasteiger partial charge in [-0.15, -0.1) is 0 Å². The number of aromatic nitrogens is 2. The van der Waals surface area contributed by atoms with Gasteiger partial charge in [-0.25, -0.2) is 0 Å². The summed E-state index contributed by atoms with van der Waals surface area (Å²) in [6.07, 6.45) is 1.79. The number of nitrogens with two attached hydrogens (primary N) is 1. The van der Waals surface area contributed by atoms with Crippen LogP contribution in [-0.2, 0) is 6.54 Å². The van der Waals surface area contributed by atoms with Crippen LogP contribution in [0.4, 0.5) is 0 Å². The van der Waals surface area contributed by atoms with Crippen LogP contribution in [0.3, 0.4) is 0 Å². The second-order valence-corrected chi connectivity index (χ2v) is 4.08. The molecule has 1 aromatic carbocycles. The van der Waals surface area contributed by atoms with Gasteiger partial charge in [0.15, 0.2) is 0 Å². The molecule has 0 aliphatic carbocycles. The van der Waals surface area contributed by atoms with Gasteiger partial charge in [0.25, 0.3) is 0 Å². The zero-order chi connectivity index (χ0) is 13.5. The Morgan fingerprint density at radius 1 is 1.37 bits per heavy atom. The summed E-state index contributed by atoms with van der Waals surface area (Å²) in [5, 5.41) is 4.21. The maximum Gasteiger partial charge on any atom is 0.120 e. The summed E-state index contributed by atoms with van der Waals surface area (Å²) >= 11 is 0. The molecule has 4 heteroatoms. The maximum absolute atomic E-state index is 5.70. The quantitative estimate of drug-likeness (QED) is 0.844. The van der Waals surface area contributed by atoms with Crippen LogP contribution in [0, 0.1) is 18.8 Å². The topological polar surface area (TPSA) is 53.1 Å². The first kappa shape index (κ1) is 13.2. The van der Waals surface area contributed by atoms with E-state index in [0.29, 0.717) is 13.2 Å². The van der Waals surface area contributed by atoms with E-state index < -0.39 is 0 Å². The second kappa shape index (κ2) is 6.62. The summed E-state index contributed by atoms with van der Waals surface area (Å²) in [6.45, 7) is 3.70. The first-order valence-electron chi connectivity index (χ1n) is 6.20. The number of benzene rings is 1. The van der Waals surface area contributed by atoms with Gasteiger partial charge in [0.2, 0.25) is 0 Å². The lowest BCUT2D eigenvalue weighted by Crippen LogP contribution is -2.10. The van der Waals surface area contributed by atoms with Crippen molar-refractivity contribution in [1.82, 2.24) is 9.78 Å². The van der Waals surface area contributed by atoms with Crippen molar-refractivity contribution in [2.45, 2.75) is 13.5 Å². The predicted molar refractivity (Wildman–Crippen MR) is 74.8 cm³/mol. The van der Waals surface area contributed by atoms with E-state index in [0.717, 1.165) is 23.6 Å². The molecular weight excluding hydrogens is 238 g/mol. The molecule has 2 rings (SSSR count). The first-order chi connectivity index (χ1) is 9.29. The Morgan fingerprint density at radius 3 is 3.00 bits per heavy atom. The van der Waals surface area contributed by atoms with Gasteiger partial charge in [0.05, 0.1) is 13.1 Å². The Bertz CT molecular complexity index is 593. The molecule has 0 saturated carbocycles. The average molecular weight is 255 g/mol. The average Bonchev–Trinajstić information content (AvgIpc) is 2.83. The largest absolute Gasteiger partial charge is 0.492 e. The van der Waals surface area contributed by atoms with Gasteiger partial charge in [0, 0.05) is 17.5 Å². The van der Waals surface area contributed by atoms with Crippen LogP contribution in [-0.4, -0.2) is 22.9 Å². The molecule has 19 heavy (non-hydrogen) atoms. The molecule has 0 aliphatic heterocycles. The van der Waals surface area contributed by atoms with Crippen molar-refractivity contribution >= 4 is 0 Å². The molecule has 0 atom stereocenters. The predicted octanol–water partition coefficient (Wildman–Crippen LogP) is 1.58. The Morgan fingerprint density at radius 2 is 2.26 bits per heavy atom. The molecule has 0 amide bonds. The molecule has 4 nitrogen and oxygen atoms in total. The van der Waals surface area contributed by atoms with E-state index >= 15 is 0 Å². The highest BCUT2D eigenvalue weighted by molar-refractivity contribution is 5.39. The highest BCUT2D eigenvalue weighted by Crippen LogP contribution is 2.12. The smallest absolute Gasteiger partial charge is 0.120 e. The van der Waals surface area contributed by atoms with E-state index in [2.05, 4.69) is 16.9 Å². The minimum Gasteiger partial charge on any atom is -0.492 e. The highest BCUT2D eigenvalue weighted by Gasteiger charge is 1.98. The van der Waals surface area contributed by atoms with Gasteiger partial charge >= 0.3 is 0 Å². The zero-order valence-electron chi connectivity index (χ0n) is 11.0. The molecule has 0 bridgehead atoms. The van der Waals surface area contributed by atoms with Crippen LogP contribution < -0.4 is 10.5 Å². The van der Waals surface area contributed by atoms with Gasteiger partial charge in [0.1, 0.15) is 12.4 Å². The molecule has 98 valence electrons. The Kier molecular flexibility index (Phi) is 4.60. The molecule has 0 spiro atoms. The van der Waals surface area contributed by atoms with E-state index in [1.54, 1.807) is 6.20 Å². The van der Waals surface area contributed by atoms with Crippen LogP contribution in [0.2, 0.25) is 0 Å². The van der Waals surface area contributed by atoms with E-state index in [4.69, 9.17) is 10.5 Å². The molecule has 2 aromatic rings. The van der Waals surface area contributed by atoms with E-state index in [-0.39, 0.29) is 0 Å². The monoisotopic (exact) mass is 255 g/mol. The van der Waals surface area contributed by atoms with Crippen molar-refractivity contribution in [3.05, 3.63) is 47.8 Å². The third-order valence-electron chi connectivity index (χ3n) is 2.67. The molecule has 0 aliphatic rings. The zero-order valence-corrected chi connectivity index (χ0v) is 11.0. The summed E-state index contributed by atoms with van der Waals surface area (Å²) in [4.78, 5) is 0. The Balaban J connectivity index is 1.91. The van der Waals surface area contributed by atoms with Gasteiger partial charge in [-0.2, -0.15) is 5.10 Å². The van der Waals surface area contributed by atoms with Crippen molar-refractivity contribution in [2.75, 3.05) is 13.2 Å². The Hall–Kier alpha value is -2.25. The fraction of sp³-hybridized carbons (Fsp3) is 0.267. The van der Waals surface area contributed by atoms with Crippen LogP contribution in [0.25, 0.3) is 0 Å². The number of hydrogen-bond acceptors (Lipinski definition) is 3. The normalized spacial score (nSPS) is 9.79. The maximum atomic E-state index is 5.70. The molecule has 0 unspecified atom stereocenters. The number of hydrogen-bond donors (Lipinski definition) is 1. The van der Waals surface area contributed by atoms with Gasteiger partial charge < -0.3 is 10.5 Å². The lowest BCUT2D eigenvalue weighted by molar-refractivity contribution is 0.290. The summed E-state index contributed by atoms with van der Waals surface area (Å²) in [5.74, 6) is 6.62. The third kappa shape index (κ3) is 3.87. The van der Waals surface area contributed by atoms with E-state index in [9.17, 15) is 0 Å². The molecule has 1 aromatic heterocycles. The second-order valence-electron chi connectivity index (χ2n) is 4.08. The van der Waals surface area contributed by atoms with Gasteiger partial charge in [-0.3, -0.25) is 4.68 Å². The van der Waals surface area contributed by atoms with E-state index in [1.807, 2.05) is 41.9 Å². The third-order valence-corrected chi connectivity index (χ3v) is 2.67. The van der Waals surface area contributed by atoms with Crippen LogP contribution in [0.15, 0.2) is 36.5 Å². The summed E-state index contributed by atoms with van der Waals surface area (Å²) in [6, 6.07) is 9.67. The molecule has 2 N–H and O–H groups in total. The van der Waals surface area contributed by atoms with Crippen molar-refractivity contribution in [2.24, 2.45) is 5.73 Å². The van der Waals surface area contributed by atoms with Gasteiger partial charge in [-0.1, -0.05) is 17.9 Å². The minimum atomic E-state index is 0.365. The molecule has 0 fully saturated rings. The summed E-state index contributed by atoms with van der Waals surface area (Å²) < 4.78 is 7.61. The lowest BCUT2D eigenvalue weighted by atomic mass is 10.2. The number of nitrogens with zero attached hydrogens (tertiary/aromatic N) is 2. The van der Waals surface area contributed by atoms with Crippen molar-refractivity contribution < 1.29 is 4.74 Å². The van der Waals surface area contributed by atoms with Crippen molar-refractivity contribution in [1.29, 1.82) is 0 Å². The fourth-order valence-electron chi connectivity index (χ4n) is 1.70. The number of ether oxygens (including phenoxy) is 1. The van der Waals surface area contributed by atoms with E-state index in [1.165, 1.54) is 0 Å². The summed E-state index contributed by atoms with van der Waals surface area (Å²) in [7, 11) is 0. The standard InChI is InChI=1S/C15H17N3O/c1-13-7-9-17-18(13)10-11-19-15-6-2-4-14(12-15)5-3-8-16/h2,4,6-7,9,12H,8,10-11,16H2,1H3.